The second-order valence-corrected chi connectivity index (χ2v) is 6.56. The number of hydrogen-bond donors (Lipinski definition) is 2. The van der Waals surface area contributed by atoms with Gasteiger partial charge in [-0.1, -0.05) is 40.2 Å². The van der Waals surface area contributed by atoms with Gasteiger partial charge in [-0.2, -0.15) is 0 Å². The molecule has 27 heavy (non-hydrogen) atoms. The van der Waals surface area contributed by atoms with Crippen molar-refractivity contribution in [1.29, 1.82) is 0 Å². The van der Waals surface area contributed by atoms with E-state index < -0.39 is 23.5 Å². The summed E-state index contributed by atoms with van der Waals surface area (Å²) < 4.78 is 11.4. The van der Waals surface area contributed by atoms with Crippen LogP contribution in [0.2, 0.25) is 0 Å². The summed E-state index contributed by atoms with van der Waals surface area (Å²) in [5.41, 5.74) is 3.80. The highest BCUT2D eigenvalue weighted by Crippen LogP contribution is 2.18. The van der Waals surface area contributed by atoms with Crippen molar-refractivity contribution in [3.8, 4) is 5.75 Å². The van der Waals surface area contributed by atoms with Gasteiger partial charge in [0.15, 0.2) is 6.10 Å². The van der Waals surface area contributed by atoms with Gasteiger partial charge >= 0.3 is 5.63 Å². The van der Waals surface area contributed by atoms with Crippen molar-refractivity contribution in [2.24, 2.45) is 0 Å². The van der Waals surface area contributed by atoms with Crippen LogP contribution in [0.5, 0.6) is 5.75 Å². The number of nitrogens with one attached hydrogen (secondary N) is 2. The van der Waals surface area contributed by atoms with Crippen LogP contribution in [-0.4, -0.2) is 17.9 Å². The molecule has 0 radical (unpaired) electrons. The summed E-state index contributed by atoms with van der Waals surface area (Å²) in [6, 6.07) is 15.2. The first-order valence-corrected chi connectivity index (χ1v) is 8.78. The van der Waals surface area contributed by atoms with Gasteiger partial charge in [-0.25, -0.2) is 4.79 Å². The van der Waals surface area contributed by atoms with E-state index in [0.29, 0.717) is 16.7 Å². The summed E-state index contributed by atoms with van der Waals surface area (Å²) >= 11 is 3.31. The van der Waals surface area contributed by atoms with Crippen LogP contribution in [0.4, 0.5) is 0 Å². The molecule has 0 aliphatic carbocycles. The van der Waals surface area contributed by atoms with E-state index in [1.807, 2.05) is 6.07 Å². The van der Waals surface area contributed by atoms with Crippen molar-refractivity contribution >= 4 is 38.7 Å². The molecule has 3 aromatic rings. The fourth-order valence-corrected chi connectivity index (χ4v) is 2.68. The van der Waals surface area contributed by atoms with Gasteiger partial charge < -0.3 is 9.15 Å². The molecule has 0 aliphatic rings. The normalized spacial score (nSPS) is 11.6. The highest BCUT2D eigenvalue weighted by molar-refractivity contribution is 9.10. The molecule has 3 rings (SSSR count). The summed E-state index contributed by atoms with van der Waals surface area (Å²) in [4.78, 5) is 36.3. The molecule has 2 amide bonds. The number of rotatable bonds is 4. The average Bonchev–Trinajstić information content (AvgIpc) is 2.65. The zero-order chi connectivity index (χ0) is 19.4. The van der Waals surface area contributed by atoms with E-state index in [9.17, 15) is 14.4 Å². The van der Waals surface area contributed by atoms with Crippen LogP contribution in [0.25, 0.3) is 11.0 Å². The Kier molecular flexibility index (Phi) is 5.56. The lowest BCUT2D eigenvalue weighted by Gasteiger charge is -2.15. The van der Waals surface area contributed by atoms with Crippen molar-refractivity contribution in [1.82, 2.24) is 10.9 Å². The molecule has 0 fully saturated rings. The highest BCUT2D eigenvalue weighted by Gasteiger charge is 2.18. The number of carbonyl (C=O) groups excluding carboxylic acids is 2. The third kappa shape index (κ3) is 4.53. The molecule has 0 bridgehead atoms. The van der Waals surface area contributed by atoms with Crippen LogP contribution in [-0.2, 0) is 4.79 Å². The second-order valence-electron chi connectivity index (χ2n) is 5.65. The summed E-state index contributed by atoms with van der Waals surface area (Å²) in [5, 5.41) is 0.597. The lowest BCUT2D eigenvalue weighted by atomic mass is 10.2. The van der Waals surface area contributed by atoms with E-state index in [4.69, 9.17) is 9.15 Å². The van der Waals surface area contributed by atoms with E-state index >= 15 is 0 Å². The summed E-state index contributed by atoms with van der Waals surface area (Å²) in [5.74, 6) is -0.862. The van der Waals surface area contributed by atoms with Crippen molar-refractivity contribution in [3.05, 3.63) is 75.1 Å². The Hall–Kier alpha value is -3.13. The highest BCUT2D eigenvalue weighted by atomic mass is 79.9. The Morgan fingerprint density at radius 2 is 1.85 bits per heavy atom. The molecule has 1 atom stereocenters. The molecule has 0 saturated heterocycles. The maximum absolute atomic E-state index is 12.2. The number of hydrogen-bond acceptors (Lipinski definition) is 5. The first-order valence-electron chi connectivity index (χ1n) is 7.99. The van der Waals surface area contributed by atoms with E-state index in [0.717, 1.165) is 4.47 Å². The number of benzene rings is 2. The van der Waals surface area contributed by atoms with E-state index in [1.165, 1.54) is 13.0 Å². The maximum Gasteiger partial charge on any atom is 0.349 e. The first kappa shape index (κ1) is 18.7. The number of halogens is 1. The van der Waals surface area contributed by atoms with Crippen molar-refractivity contribution in [2.45, 2.75) is 13.0 Å². The van der Waals surface area contributed by atoms with E-state index in [2.05, 4.69) is 26.8 Å². The van der Waals surface area contributed by atoms with Crippen LogP contribution in [0.3, 0.4) is 0 Å². The van der Waals surface area contributed by atoms with Gasteiger partial charge in [-0.15, -0.1) is 0 Å². The zero-order valence-electron chi connectivity index (χ0n) is 14.2. The molecular weight excluding hydrogens is 416 g/mol. The molecular formula is C19H15BrN2O5. The summed E-state index contributed by atoms with van der Waals surface area (Å²) in [7, 11) is 0. The molecule has 2 N–H and O–H groups in total. The Morgan fingerprint density at radius 1 is 1.07 bits per heavy atom. The zero-order valence-corrected chi connectivity index (χ0v) is 15.8. The largest absolute Gasteiger partial charge is 0.481 e. The minimum Gasteiger partial charge on any atom is -0.481 e. The molecule has 138 valence electrons. The molecule has 0 aliphatic heterocycles. The molecule has 8 heteroatoms. The quantitative estimate of drug-likeness (QED) is 0.489. The fourth-order valence-electron chi connectivity index (χ4n) is 2.31. The summed E-state index contributed by atoms with van der Waals surface area (Å²) in [6.07, 6.45) is -0.868. The maximum atomic E-state index is 12.2. The van der Waals surface area contributed by atoms with Gasteiger partial charge in [0.1, 0.15) is 16.9 Å². The van der Waals surface area contributed by atoms with Crippen LogP contribution in [0.15, 0.2) is 68.3 Å². The molecule has 0 unspecified atom stereocenters. The fraction of sp³-hybridized carbons (Fsp3) is 0.105. The van der Waals surface area contributed by atoms with Gasteiger partial charge in [0.05, 0.1) is 0 Å². The number of para-hydroxylation sites is 1. The second kappa shape index (κ2) is 8.05. The van der Waals surface area contributed by atoms with Gasteiger partial charge in [0, 0.05) is 9.86 Å². The first-order chi connectivity index (χ1) is 12.9. The minimum absolute atomic E-state index is 0.213. The number of fused-ring (bicyclic) bond motifs is 1. The SMILES string of the molecule is C[C@H](Oc1cccc(Br)c1)C(=O)NNC(=O)c1cc2ccccc2oc1=O. The third-order valence-corrected chi connectivity index (χ3v) is 4.16. The standard InChI is InChI=1S/C19H15BrN2O5/c1-11(26-14-7-4-6-13(20)10-14)17(23)21-22-18(24)15-9-12-5-2-3-8-16(12)27-19(15)25/h2-11H,1H3,(H,21,23)(H,22,24)/t11-/m0/s1. The third-order valence-electron chi connectivity index (χ3n) is 3.66. The van der Waals surface area contributed by atoms with Gasteiger partial charge in [-0.3, -0.25) is 20.4 Å². The van der Waals surface area contributed by atoms with Crippen LogP contribution in [0, 0.1) is 0 Å². The van der Waals surface area contributed by atoms with Crippen LogP contribution >= 0.6 is 15.9 Å². The van der Waals surface area contributed by atoms with Crippen molar-refractivity contribution in [3.63, 3.8) is 0 Å². The van der Waals surface area contributed by atoms with Crippen molar-refractivity contribution < 1.29 is 18.7 Å². The molecule has 7 nitrogen and oxygen atoms in total. The Bertz CT molecular complexity index is 1060. The molecule has 0 saturated carbocycles. The van der Waals surface area contributed by atoms with Crippen LogP contribution < -0.4 is 21.2 Å². The number of amides is 2. The minimum atomic E-state index is -0.868. The predicted octanol–water partition coefficient (Wildman–Crippen LogP) is 2.78. The monoisotopic (exact) mass is 430 g/mol. The number of ether oxygens (including phenoxy) is 1. The average molecular weight is 431 g/mol. The van der Waals surface area contributed by atoms with Gasteiger partial charge in [-0.05, 0) is 37.3 Å². The Labute approximate surface area is 162 Å². The number of carbonyl (C=O) groups is 2. The van der Waals surface area contributed by atoms with E-state index in [-0.39, 0.29) is 5.56 Å². The lowest BCUT2D eigenvalue weighted by molar-refractivity contribution is -0.128. The van der Waals surface area contributed by atoms with Gasteiger partial charge in [0.25, 0.3) is 11.8 Å². The lowest BCUT2D eigenvalue weighted by Crippen LogP contribution is -2.48. The number of hydrazine groups is 1. The smallest absolute Gasteiger partial charge is 0.349 e. The molecule has 1 aromatic heterocycles. The Balaban J connectivity index is 1.64. The topological polar surface area (TPSA) is 97.6 Å². The predicted molar refractivity (Wildman–Crippen MR) is 102 cm³/mol. The van der Waals surface area contributed by atoms with Gasteiger partial charge in [0.2, 0.25) is 0 Å². The summed E-state index contributed by atoms with van der Waals surface area (Å²) in [6.45, 7) is 1.53. The molecule has 1 heterocycles. The Morgan fingerprint density at radius 3 is 2.63 bits per heavy atom. The van der Waals surface area contributed by atoms with Crippen LogP contribution in [0.1, 0.15) is 17.3 Å². The molecule has 0 spiro atoms. The molecule has 2 aromatic carbocycles. The van der Waals surface area contributed by atoms with E-state index in [1.54, 1.807) is 42.5 Å². The van der Waals surface area contributed by atoms with Crippen molar-refractivity contribution in [2.75, 3.05) is 0 Å².